The van der Waals surface area contributed by atoms with Gasteiger partial charge in [-0.1, -0.05) is 31.4 Å². The van der Waals surface area contributed by atoms with Crippen LogP contribution in [0, 0.1) is 0 Å². The van der Waals surface area contributed by atoms with Crippen LogP contribution in [-0.2, 0) is 16.6 Å². The summed E-state index contributed by atoms with van der Waals surface area (Å²) in [6.45, 7) is 4.21. The number of hydrogen-bond acceptors (Lipinski definition) is 4. The highest BCUT2D eigenvalue weighted by atomic mass is 32.2. The van der Waals surface area contributed by atoms with E-state index in [9.17, 15) is 8.42 Å². The molecule has 1 saturated carbocycles. The van der Waals surface area contributed by atoms with E-state index < -0.39 is 10.0 Å². The molecule has 2 aromatic heterocycles. The molecule has 1 N–H and O–H groups in total. The predicted molar refractivity (Wildman–Crippen MR) is 114 cm³/mol. The van der Waals surface area contributed by atoms with Crippen molar-refractivity contribution in [2.24, 2.45) is 0 Å². The summed E-state index contributed by atoms with van der Waals surface area (Å²) in [4.78, 5) is 9.28. The van der Waals surface area contributed by atoms with E-state index in [1.54, 1.807) is 18.3 Å². The number of sulfonamides is 1. The maximum atomic E-state index is 12.8. The molecule has 0 saturated heterocycles. The van der Waals surface area contributed by atoms with Gasteiger partial charge in [-0.3, -0.25) is 0 Å². The molecule has 1 aromatic carbocycles. The summed E-state index contributed by atoms with van der Waals surface area (Å²) in [5, 5.41) is 0. The number of rotatable bonds is 6. The molecule has 0 amide bonds. The molecule has 1 aliphatic rings. The number of imidazole rings is 1. The van der Waals surface area contributed by atoms with Crippen molar-refractivity contribution < 1.29 is 8.42 Å². The molecule has 3 aromatic rings. The fraction of sp³-hybridized carbons (Fsp3) is 0.455. The van der Waals surface area contributed by atoms with Crippen LogP contribution in [0.2, 0.25) is 0 Å². The number of hydrogen-bond donors (Lipinski definition) is 1. The van der Waals surface area contributed by atoms with Crippen LogP contribution in [0.15, 0.2) is 47.5 Å². The predicted octanol–water partition coefficient (Wildman–Crippen LogP) is 4.54. The quantitative estimate of drug-likeness (QED) is 0.645. The molecule has 0 bridgehead atoms. The Morgan fingerprint density at radius 3 is 2.52 bits per heavy atom. The average Bonchev–Trinajstić information content (AvgIpc) is 3.12. The molecule has 4 rings (SSSR count). The molecule has 1 fully saturated rings. The van der Waals surface area contributed by atoms with Gasteiger partial charge in [0.05, 0.1) is 11.4 Å². The lowest BCUT2D eigenvalue weighted by molar-refractivity contribution is 0.443. The Morgan fingerprint density at radius 2 is 1.83 bits per heavy atom. The van der Waals surface area contributed by atoms with Crippen LogP contribution >= 0.6 is 0 Å². The minimum Gasteiger partial charge on any atom is -0.309 e. The van der Waals surface area contributed by atoms with Crippen LogP contribution in [0.1, 0.15) is 69.3 Å². The van der Waals surface area contributed by atoms with E-state index in [-0.39, 0.29) is 12.6 Å². The highest BCUT2D eigenvalue weighted by Crippen LogP contribution is 2.32. The fourth-order valence-electron chi connectivity index (χ4n) is 4.24. The second-order valence-corrected chi connectivity index (χ2v) is 9.83. The first-order valence-electron chi connectivity index (χ1n) is 10.4. The van der Waals surface area contributed by atoms with Crippen molar-refractivity contribution in [3.8, 4) is 0 Å². The Labute approximate surface area is 172 Å². The number of nitrogens with one attached hydrogen (secondary N) is 1. The Balaban J connectivity index is 1.52. The molecule has 7 heteroatoms. The SMILES string of the molecule is CC(C)n1c(CNS(=O)(=O)c2ccc(C3CCCCC3)cc2)nc2cccnc21. The van der Waals surface area contributed by atoms with Crippen molar-refractivity contribution in [3.05, 3.63) is 54.0 Å². The van der Waals surface area contributed by atoms with Crippen LogP contribution in [0.5, 0.6) is 0 Å². The zero-order valence-corrected chi connectivity index (χ0v) is 17.8. The van der Waals surface area contributed by atoms with Gasteiger partial charge in [-0.25, -0.2) is 23.1 Å². The van der Waals surface area contributed by atoms with Crippen molar-refractivity contribution in [1.82, 2.24) is 19.3 Å². The zero-order chi connectivity index (χ0) is 20.4. The van der Waals surface area contributed by atoms with Gasteiger partial charge < -0.3 is 4.57 Å². The Bertz CT molecular complexity index is 1080. The molecular formula is C22H28N4O2S. The summed E-state index contributed by atoms with van der Waals surface area (Å²) in [6, 6.07) is 11.2. The second kappa shape index (κ2) is 8.24. The highest BCUT2D eigenvalue weighted by Gasteiger charge is 2.20. The Hall–Kier alpha value is -2.25. The molecule has 0 unspecified atom stereocenters. The normalized spacial score (nSPS) is 16.0. The van der Waals surface area contributed by atoms with E-state index in [2.05, 4.69) is 14.7 Å². The van der Waals surface area contributed by atoms with Gasteiger partial charge in [0.1, 0.15) is 11.3 Å². The smallest absolute Gasteiger partial charge is 0.240 e. The molecule has 0 spiro atoms. The van der Waals surface area contributed by atoms with E-state index in [1.807, 2.05) is 42.7 Å². The van der Waals surface area contributed by atoms with Crippen LogP contribution in [0.4, 0.5) is 0 Å². The van der Waals surface area contributed by atoms with Gasteiger partial charge in [0, 0.05) is 12.2 Å². The lowest BCUT2D eigenvalue weighted by Crippen LogP contribution is -2.25. The summed E-state index contributed by atoms with van der Waals surface area (Å²) in [5.74, 6) is 1.23. The maximum absolute atomic E-state index is 12.8. The third-order valence-electron chi connectivity index (χ3n) is 5.73. The standard InChI is InChI=1S/C22H28N4O2S/c1-16(2)26-21(25-20-9-6-14-23-22(20)26)15-24-29(27,28)19-12-10-18(11-13-19)17-7-4-3-5-8-17/h6,9-14,16-17,24H,3-5,7-8,15H2,1-2H3. The van der Waals surface area contributed by atoms with Crippen LogP contribution in [-0.4, -0.2) is 23.0 Å². The number of fused-ring (bicyclic) bond motifs is 1. The third kappa shape index (κ3) is 4.21. The molecule has 29 heavy (non-hydrogen) atoms. The number of pyridine rings is 1. The van der Waals surface area contributed by atoms with E-state index in [0.29, 0.717) is 16.6 Å². The topological polar surface area (TPSA) is 76.9 Å². The van der Waals surface area contributed by atoms with Gasteiger partial charge in [-0.05, 0) is 62.4 Å². The fourth-order valence-corrected chi connectivity index (χ4v) is 5.22. The van der Waals surface area contributed by atoms with Gasteiger partial charge in [-0.15, -0.1) is 0 Å². The van der Waals surface area contributed by atoms with Crippen molar-refractivity contribution in [2.45, 2.75) is 69.4 Å². The zero-order valence-electron chi connectivity index (χ0n) is 17.0. The van der Waals surface area contributed by atoms with E-state index in [4.69, 9.17) is 0 Å². The number of nitrogens with zero attached hydrogens (tertiary/aromatic N) is 3. The van der Waals surface area contributed by atoms with Gasteiger partial charge in [0.25, 0.3) is 0 Å². The summed E-state index contributed by atoms with van der Waals surface area (Å²) >= 11 is 0. The molecule has 2 heterocycles. The molecule has 0 atom stereocenters. The lowest BCUT2D eigenvalue weighted by Gasteiger charge is -2.22. The molecule has 1 aliphatic carbocycles. The Morgan fingerprint density at radius 1 is 1.10 bits per heavy atom. The van der Waals surface area contributed by atoms with Gasteiger partial charge >= 0.3 is 0 Å². The van der Waals surface area contributed by atoms with Crippen molar-refractivity contribution >= 4 is 21.2 Å². The minimum atomic E-state index is -3.61. The second-order valence-electron chi connectivity index (χ2n) is 8.07. The van der Waals surface area contributed by atoms with Gasteiger partial charge in [0.2, 0.25) is 10.0 Å². The lowest BCUT2D eigenvalue weighted by atomic mass is 9.84. The van der Waals surface area contributed by atoms with Crippen LogP contribution in [0.25, 0.3) is 11.2 Å². The molecule has 6 nitrogen and oxygen atoms in total. The summed E-state index contributed by atoms with van der Waals surface area (Å²) in [5.41, 5.74) is 2.79. The van der Waals surface area contributed by atoms with Crippen molar-refractivity contribution in [3.63, 3.8) is 0 Å². The van der Waals surface area contributed by atoms with E-state index in [1.165, 1.54) is 37.7 Å². The third-order valence-corrected chi connectivity index (χ3v) is 7.14. The largest absolute Gasteiger partial charge is 0.309 e. The molecule has 154 valence electrons. The number of benzene rings is 1. The Kier molecular flexibility index (Phi) is 5.69. The van der Waals surface area contributed by atoms with Crippen LogP contribution in [0.3, 0.4) is 0 Å². The highest BCUT2D eigenvalue weighted by molar-refractivity contribution is 7.89. The summed E-state index contributed by atoms with van der Waals surface area (Å²) in [7, 11) is -3.61. The van der Waals surface area contributed by atoms with Gasteiger partial charge in [0.15, 0.2) is 5.65 Å². The summed E-state index contributed by atoms with van der Waals surface area (Å²) in [6.07, 6.45) is 7.96. The molecular weight excluding hydrogens is 384 g/mol. The van der Waals surface area contributed by atoms with Crippen LogP contribution < -0.4 is 4.72 Å². The van der Waals surface area contributed by atoms with Crippen molar-refractivity contribution in [2.75, 3.05) is 0 Å². The molecule has 0 radical (unpaired) electrons. The summed E-state index contributed by atoms with van der Waals surface area (Å²) < 4.78 is 30.3. The van der Waals surface area contributed by atoms with E-state index >= 15 is 0 Å². The first kappa shape index (κ1) is 20.0. The van der Waals surface area contributed by atoms with Gasteiger partial charge in [-0.2, -0.15) is 0 Å². The minimum absolute atomic E-state index is 0.126. The average molecular weight is 413 g/mol. The maximum Gasteiger partial charge on any atom is 0.240 e. The van der Waals surface area contributed by atoms with E-state index in [0.717, 1.165) is 11.2 Å². The molecule has 0 aliphatic heterocycles. The van der Waals surface area contributed by atoms with Crippen molar-refractivity contribution in [1.29, 1.82) is 0 Å². The first-order chi connectivity index (χ1) is 14.0. The number of aromatic nitrogens is 3. The monoisotopic (exact) mass is 412 g/mol. The first-order valence-corrected chi connectivity index (χ1v) is 11.9.